The second-order valence-corrected chi connectivity index (χ2v) is 6.04. The number of aromatic nitrogens is 2. The van der Waals surface area contributed by atoms with Crippen LogP contribution in [0.3, 0.4) is 0 Å². The number of nitrogens with one attached hydrogen (secondary N) is 1. The lowest BCUT2D eigenvalue weighted by atomic mass is 10.0. The second kappa shape index (κ2) is 5.85. The molecule has 0 aliphatic carbocycles. The summed E-state index contributed by atoms with van der Waals surface area (Å²) in [7, 11) is 0. The number of fused-ring (bicyclic) bond motifs is 1. The van der Waals surface area contributed by atoms with Crippen LogP contribution in [0.5, 0.6) is 0 Å². The number of nitrogens with zero attached hydrogens (tertiary/aromatic N) is 3. The van der Waals surface area contributed by atoms with Crippen molar-refractivity contribution in [1.82, 2.24) is 9.97 Å². The molecule has 21 heavy (non-hydrogen) atoms. The molecule has 1 unspecified atom stereocenters. The SMILES string of the molecule is CCNc1nc(N2CCCCC2C(N)=O)c2ccsc2n1. The molecule has 2 aromatic heterocycles. The highest BCUT2D eigenvalue weighted by atomic mass is 32.1. The van der Waals surface area contributed by atoms with E-state index in [-0.39, 0.29) is 11.9 Å². The fourth-order valence-electron chi connectivity index (χ4n) is 2.78. The van der Waals surface area contributed by atoms with Crippen LogP contribution in [-0.2, 0) is 4.79 Å². The monoisotopic (exact) mass is 305 g/mol. The van der Waals surface area contributed by atoms with E-state index in [0.29, 0.717) is 5.95 Å². The maximum absolute atomic E-state index is 11.7. The number of rotatable bonds is 4. The van der Waals surface area contributed by atoms with Crippen molar-refractivity contribution in [2.75, 3.05) is 23.3 Å². The molecule has 3 N–H and O–H groups in total. The van der Waals surface area contributed by atoms with Crippen molar-refractivity contribution in [2.45, 2.75) is 32.2 Å². The molecular weight excluding hydrogens is 286 g/mol. The Balaban J connectivity index is 2.08. The van der Waals surface area contributed by atoms with E-state index in [0.717, 1.165) is 48.4 Å². The second-order valence-electron chi connectivity index (χ2n) is 5.15. The van der Waals surface area contributed by atoms with E-state index in [9.17, 15) is 4.79 Å². The van der Waals surface area contributed by atoms with Gasteiger partial charge in [-0.15, -0.1) is 11.3 Å². The molecule has 0 radical (unpaired) electrons. The Morgan fingerprint density at radius 1 is 1.52 bits per heavy atom. The number of primary amides is 1. The van der Waals surface area contributed by atoms with Gasteiger partial charge in [-0.1, -0.05) is 0 Å². The van der Waals surface area contributed by atoms with Crippen molar-refractivity contribution < 1.29 is 4.79 Å². The number of carbonyl (C=O) groups excluding carboxylic acids is 1. The smallest absolute Gasteiger partial charge is 0.240 e. The lowest BCUT2D eigenvalue weighted by molar-refractivity contribution is -0.119. The molecule has 2 aromatic rings. The van der Waals surface area contributed by atoms with Gasteiger partial charge in [0.25, 0.3) is 0 Å². The first-order valence-electron chi connectivity index (χ1n) is 7.25. The molecule has 3 rings (SSSR count). The Kier molecular flexibility index (Phi) is 3.92. The lowest BCUT2D eigenvalue weighted by Crippen LogP contribution is -2.48. The Morgan fingerprint density at radius 3 is 3.14 bits per heavy atom. The highest BCUT2D eigenvalue weighted by molar-refractivity contribution is 7.16. The van der Waals surface area contributed by atoms with Crippen LogP contribution in [-0.4, -0.2) is 35.0 Å². The summed E-state index contributed by atoms with van der Waals surface area (Å²) < 4.78 is 0. The zero-order valence-corrected chi connectivity index (χ0v) is 12.8. The van der Waals surface area contributed by atoms with Gasteiger partial charge in [0.2, 0.25) is 11.9 Å². The topological polar surface area (TPSA) is 84.1 Å². The van der Waals surface area contributed by atoms with Crippen molar-refractivity contribution >= 4 is 39.2 Å². The molecular formula is C14H19N5OS. The van der Waals surface area contributed by atoms with Crippen LogP contribution in [0.25, 0.3) is 10.2 Å². The number of carbonyl (C=O) groups is 1. The Labute approximate surface area is 127 Å². The van der Waals surface area contributed by atoms with Crippen LogP contribution in [0.15, 0.2) is 11.4 Å². The number of hydrogen-bond donors (Lipinski definition) is 2. The van der Waals surface area contributed by atoms with E-state index >= 15 is 0 Å². The van der Waals surface area contributed by atoms with Gasteiger partial charge in [0, 0.05) is 13.1 Å². The van der Waals surface area contributed by atoms with Gasteiger partial charge in [0.15, 0.2) is 0 Å². The Hall–Kier alpha value is -1.89. The van der Waals surface area contributed by atoms with E-state index < -0.39 is 0 Å². The largest absolute Gasteiger partial charge is 0.368 e. The number of piperidine rings is 1. The van der Waals surface area contributed by atoms with Crippen LogP contribution < -0.4 is 16.0 Å². The van der Waals surface area contributed by atoms with Gasteiger partial charge in [-0.2, -0.15) is 4.98 Å². The van der Waals surface area contributed by atoms with E-state index in [2.05, 4.69) is 15.3 Å². The fraction of sp³-hybridized carbons (Fsp3) is 0.500. The summed E-state index contributed by atoms with van der Waals surface area (Å²) in [6.45, 7) is 3.57. The molecule has 1 aliphatic rings. The van der Waals surface area contributed by atoms with E-state index in [1.807, 2.05) is 23.3 Å². The van der Waals surface area contributed by atoms with Crippen molar-refractivity contribution in [3.8, 4) is 0 Å². The lowest BCUT2D eigenvalue weighted by Gasteiger charge is -2.35. The van der Waals surface area contributed by atoms with Gasteiger partial charge in [-0.05, 0) is 37.6 Å². The molecule has 3 heterocycles. The van der Waals surface area contributed by atoms with Gasteiger partial charge < -0.3 is 16.0 Å². The molecule has 0 saturated carbocycles. The van der Waals surface area contributed by atoms with Crippen LogP contribution >= 0.6 is 11.3 Å². The molecule has 1 saturated heterocycles. The standard InChI is InChI=1S/C14H19N5OS/c1-2-16-14-17-12(9-6-8-21-13(9)18-14)19-7-4-3-5-10(19)11(15)20/h6,8,10H,2-5,7H2,1H3,(H2,15,20)(H,16,17,18). The summed E-state index contributed by atoms with van der Waals surface area (Å²) in [6, 6.07) is 1.74. The van der Waals surface area contributed by atoms with Gasteiger partial charge in [-0.3, -0.25) is 4.79 Å². The Morgan fingerprint density at radius 2 is 2.38 bits per heavy atom. The highest BCUT2D eigenvalue weighted by Gasteiger charge is 2.29. The molecule has 1 aliphatic heterocycles. The predicted octanol–water partition coefficient (Wildman–Crippen LogP) is 1.97. The molecule has 1 fully saturated rings. The molecule has 112 valence electrons. The quantitative estimate of drug-likeness (QED) is 0.902. The first kappa shape index (κ1) is 14.1. The van der Waals surface area contributed by atoms with Crippen LogP contribution in [0.4, 0.5) is 11.8 Å². The fourth-order valence-corrected chi connectivity index (χ4v) is 3.54. The van der Waals surface area contributed by atoms with Gasteiger partial charge in [0.1, 0.15) is 16.7 Å². The third kappa shape index (κ3) is 2.65. The van der Waals surface area contributed by atoms with Crippen molar-refractivity contribution in [3.05, 3.63) is 11.4 Å². The first-order chi connectivity index (χ1) is 10.2. The molecule has 1 atom stereocenters. The van der Waals surface area contributed by atoms with E-state index in [1.165, 1.54) is 0 Å². The average molecular weight is 305 g/mol. The van der Waals surface area contributed by atoms with Crippen molar-refractivity contribution in [1.29, 1.82) is 0 Å². The Bertz CT molecular complexity index is 656. The average Bonchev–Trinajstić information content (AvgIpc) is 2.95. The zero-order chi connectivity index (χ0) is 14.8. The number of amides is 1. The number of nitrogens with two attached hydrogens (primary N) is 1. The maximum Gasteiger partial charge on any atom is 0.240 e. The van der Waals surface area contributed by atoms with E-state index in [4.69, 9.17) is 5.73 Å². The van der Waals surface area contributed by atoms with Crippen LogP contribution in [0.2, 0.25) is 0 Å². The summed E-state index contributed by atoms with van der Waals surface area (Å²) in [5, 5.41) is 6.15. The minimum absolute atomic E-state index is 0.272. The highest BCUT2D eigenvalue weighted by Crippen LogP contribution is 2.32. The molecule has 0 aromatic carbocycles. The number of anilines is 2. The third-order valence-electron chi connectivity index (χ3n) is 3.74. The van der Waals surface area contributed by atoms with E-state index in [1.54, 1.807) is 11.3 Å². The minimum atomic E-state index is -0.276. The molecule has 6 nitrogen and oxygen atoms in total. The van der Waals surface area contributed by atoms with Crippen molar-refractivity contribution in [3.63, 3.8) is 0 Å². The van der Waals surface area contributed by atoms with Gasteiger partial charge in [0.05, 0.1) is 5.39 Å². The summed E-state index contributed by atoms with van der Waals surface area (Å²) >= 11 is 1.58. The predicted molar refractivity (Wildman–Crippen MR) is 85.8 cm³/mol. The first-order valence-corrected chi connectivity index (χ1v) is 8.13. The molecule has 0 spiro atoms. The van der Waals surface area contributed by atoms with Crippen LogP contribution in [0, 0.1) is 0 Å². The summed E-state index contributed by atoms with van der Waals surface area (Å²) in [4.78, 5) is 23.9. The maximum atomic E-state index is 11.7. The molecule has 7 heteroatoms. The summed E-state index contributed by atoms with van der Waals surface area (Å²) in [5.74, 6) is 1.15. The van der Waals surface area contributed by atoms with Crippen molar-refractivity contribution in [2.24, 2.45) is 5.73 Å². The summed E-state index contributed by atoms with van der Waals surface area (Å²) in [6.07, 6.45) is 2.87. The molecule has 1 amide bonds. The summed E-state index contributed by atoms with van der Waals surface area (Å²) in [5.41, 5.74) is 5.57. The van der Waals surface area contributed by atoms with Crippen LogP contribution in [0.1, 0.15) is 26.2 Å². The third-order valence-corrected chi connectivity index (χ3v) is 4.55. The minimum Gasteiger partial charge on any atom is -0.368 e. The zero-order valence-electron chi connectivity index (χ0n) is 12.0. The van der Waals surface area contributed by atoms with Gasteiger partial charge in [-0.25, -0.2) is 4.98 Å². The van der Waals surface area contributed by atoms with Gasteiger partial charge >= 0.3 is 0 Å². The molecule has 0 bridgehead atoms. The number of hydrogen-bond acceptors (Lipinski definition) is 6. The number of thiophene rings is 1. The normalized spacial score (nSPS) is 18.9.